The summed E-state index contributed by atoms with van der Waals surface area (Å²) in [4.78, 5) is 27.4. The average Bonchev–Trinajstić information content (AvgIpc) is 3.33. The van der Waals surface area contributed by atoms with E-state index < -0.39 is 22.0 Å². The SMILES string of the molecule is CCC(NCOc1ccc(Oc2ccccc2)c(NC(=O)C(=Nc2ccc(N3CCOCC3)cc2C)C2=NC=C(c3ccccc3)S(=O)(=O)N2C2CCCCC2)c1)Oc1ccc(C)cc1C. The Morgan fingerprint density at radius 3 is 2.27 bits per heavy atom. The zero-order chi connectivity index (χ0) is 46.0. The summed E-state index contributed by atoms with van der Waals surface area (Å²) in [5.74, 6) is 1.37. The second kappa shape index (κ2) is 21.2. The molecule has 2 aliphatic heterocycles. The molecule has 0 bridgehead atoms. The number of morpholine rings is 1. The van der Waals surface area contributed by atoms with Crippen molar-refractivity contribution >= 4 is 49.4 Å². The number of para-hydroxylation sites is 1. The largest absolute Gasteiger partial charge is 0.478 e. The van der Waals surface area contributed by atoms with E-state index in [0.29, 0.717) is 61.0 Å². The predicted molar refractivity (Wildman–Crippen MR) is 262 cm³/mol. The molecule has 0 radical (unpaired) electrons. The summed E-state index contributed by atoms with van der Waals surface area (Å²) in [6.45, 7) is 10.9. The van der Waals surface area contributed by atoms with E-state index in [0.717, 1.165) is 60.5 Å². The highest BCUT2D eigenvalue weighted by atomic mass is 32.2. The average molecular weight is 911 g/mol. The normalized spacial score (nSPS) is 17.1. The first kappa shape index (κ1) is 46.1. The molecule has 2 fully saturated rings. The van der Waals surface area contributed by atoms with Crippen LogP contribution in [0.2, 0.25) is 0 Å². The van der Waals surface area contributed by atoms with Crippen molar-refractivity contribution in [2.75, 3.05) is 43.3 Å². The highest BCUT2D eigenvalue weighted by molar-refractivity contribution is 7.99. The van der Waals surface area contributed by atoms with Gasteiger partial charge in [-0.05, 0) is 105 Å². The third-order valence-corrected chi connectivity index (χ3v) is 13.8. The van der Waals surface area contributed by atoms with Crippen LogP contribution in [0.3, 0.4) is 0 Å². The molecule has 13 nitrogen and oxygen atoms in total. The minimum absolute atomic E-state index is 0.0488. The van der Waals surface area contributed by atoms with Gasteiger partial charge in [0.1, 0.15) is 28.9 Å². The van der Waals surface area contributed by atoms with E-state index in [9.17, 15) is 8.42 Å². The number of hydrogen-bond donors (Lipinski definition) is 2. The molecule has 1 aliphatic carbocycles. The van der Waals surface area contributed by atoms with Crippen molar-refractivity contribution in [3.63, 3.8) is 0 Å². The van der Waals surface area contributed by atoms with Crippen LogP contribution in [0, 0.1) is 20.8 Å². The van der Waals surface area contributed by atoms with Crippen LogP contribution in [-0.4, -0.2) is 75.5 Å². The van der Waals surface area contributed by atoms with E-state index in [1.807, 2.05) is 94.4 Å². The summed E-state index contributed by atoms with van der Waals surface area (Å²) in [6.07, 6.45) is 5.59. The smallest absolute Gasteiger partial charge is 0.278 e. The fourth-order valence-corrected chi connectivity index (χ4v) is 10.2. The number of hydrogen-bond acceptors (Lipinski definition) is 11. The summed E-state index contributed by atoms with van der Waals surface area (Å²) in [7, 11) is -4.22. The van der Waals surface area contributed by atoms with Crippen LogP contribution in [0.1, 0.15) is 67.7 Å². The number of amides is 1. The number of rotatable bonds is 16. The molecule has 1 atom stereocenters. The number of ether oxygens (including phenoxy) is 4. The van der Waals surface area contributed by atoms with Gasteiger partial charge in [0.2, 0.25) is 0 Å². The van der Waals surface area contributed by atoms with Crippen LogP contribution >= 0.6 is 0 Å². The molecule has 3 aliphatic rings. The van der Waals surface area contributed by atoms with E-state index in [4.69, 9.17) is 28.9 Å². The number of sulfonamides is 1. The molecule has 5 aromatic rings. The fraction of sp³-hybridized carbons (Fsp3) is 0.327. The molecule has 0 spiro atoms. The quantitative estimate of drug-likeness (QED) is 0.0731. The summed E-state index contributed by atoms with van der Waals surface area (Å²) < 4.78 is 55.7. The Morgan fingerprint density at radius 2 is 1.56 bits per heavy atom. The first-order chi connectivity index (χ1) is 32.1. The Bertz CT molecular complexity index is 2700. The van der Waals surface area contributed by atoms with Gasteiger partial charge in [0.05, 0.1) is 30.8 Å². The summed E-state index contributed by atoms with van der Waals surface area (Å²) in [5, 5.41) is 6.38. The van der Waals surface area contributed by atoms with Gasteiger partial charge in [-0.25, -0.2) is 28.0 Å². The van der Waals surface area contributed by atoms with Gasteiger partial charge in [0.15, 0.2) is 23.5 Å². The van der Waals surface area contributed by atoms with Crippen LogP contribution in [0.5, 0.6) is 23.0 Å². The molecule has 1 unspecified atom stereocenters. The molecular formula is C52H58N6O7S. The van der Waals surface area contributed by atoms with Gasteiger partial charge in [-0.1, -0.05) is 92.4 Å². The van der Waals surface area contributed by atoms with Crippen molar-refractivity contribution in [2.24, 2.45) is 9.98 Å². The first-order valence-electron chi connectivity index (χ1n) is 22.8. The van der Waals surface area contributed by atoms with Crippen molar-refractivity contribution in [1.29, 1.82) is 0 Å². The molecule has 1 saturated heterocycles. The first-order valence-corrected chi connectivity index (χ1v) is 24.2. The number of amidine groups is 1. The second-order valence-electron chi connectivity index (χ2n) is 16.7. The molecule has 66 heavy (non-hydrogen) atoms. The second-order valence-corrected chi connectivity index (χ2v) is 18.5. The van der Waals surface area contributed by atoms with Crippen LogP contribution in [0.4, 0.5) is 17.1 Å². The van der Waals surface area contributed by atoms with E-state index in [1.54, 1.807) is 42.5 Å². The minimum atomic E-state index is -4.22. The predicted octanol–water partition coefficient (Wildman–Crippen LogP) is 10.1. The molecule has 1 saturated carbocycles. The van der Waals surface area contributed by atoms with E-state index in [1.165, 1.54) is 10.5 Å². The van der Waals surface area contributed by atoms with Crippen LogP contribution in [0.25, 0.3) is 4.91 Å². The van der Waals surface area contributed by atoms with E-state index >= 15 is 4.79 Å². The maximum Gasteiger partial charge on any atom is 0.278 e. The van der Waals surface area contributed by atoms with Crippen LogP contribution < -0.4 is 29.7 Å². The van der Waals surface area contributed by atoms with Crippen molar-refractivity contribution in [3.8, 4) is 23.0 Å². The fourth-order valence-electron chi connectivity index (χ4n) is 8.40. The molecule has 8 rings (SSSR count). The molecule has 2 heterocycles. The molecule has 5 aromatic carbocycles. The Kier molecular flexibility index (Phi) is 14.8. The Hall–Kier alpha value is -6.48. The maximum absolute atomic E-state index is 15.2. The van der Waals surface area contributed by atoms with Gasteiger partial charge < -0.3 is 29.2 Å². The standard InChI is InChI=1S/C52H58N6O7S/c1-5-49(65-46-25-21-36(2)31-38(46)4)54-35-63-43-23-26-47(64-42-19-13-8-14-20-42)45(33-43)56-52(59)50(55-44-24-22-41(32-37(44)3)57-27-29-62-30-28-57)51-53-34-48(39-15-9-6-10-16-39)66(60,61)58(51)40-17-11-7-12-18-40/h6,8-10,13-16,19-26,31-34,40,49,54H,5,7,11-12,17-18,27-30,35H2,1-4H3,(H,56,59). The van der Waals surface area contributed by atoms with E-state index in [2.05, 4.69) is 21.6 Å². The molecule has 0 aromatic heterocycles. The zero-order valence-electron chi connectivity index (χ0n) is 38.0. The van der Waals surface area contributed by atoms with Gasteiger partial charge in [0.25, 0.3) is 15.9 Å². The van der Waals surface area contributed by atoms with Crippen molar-refractivity contribution in [2.45, 2.75) is 78.5 Å². The van der Waals surface area contributed by atoms with Crippen LogP contribution in [0.15, 0.2) is 131 Å². The van der Waals surface area contributed by atoms with Gasteiger partial charge in [-0.3, -0.25) is 4.79 Å². The highest BCUT2D eigenvalue weighted by Gasteiger charge is 2.42. The number of anilines is 2. The third-order valence-electron chi connectivity index (χ3n) is 11.9. The lowest BCUT2D eigenvalue weighted by molar-refractivity contribution is -0.110. The van der Waals surface area contributed by atoms with Gasteiger partial charge in [0, 0.05) is 30.9 Å². The number of carbonyl (C=O) groups excluding carboxylic acids is 1. The zero-order valence-corrected chi connectivity index (χ0v) is 38.9. The maximum atomic E-state index is 15.2. The van der Waals surface area contributed by atoms with Gasteiger partial charge >= 0.3 is 0 Å². The van der Waals surface area contributed by atoms with Crippen molar-refractivity contribution in [3.05, 3.63) is 144 Å². The lowest BCUT2D eigenvalue weighted by Gasteiger charge is -2.37. The third kappa shape index (κ3) is 11.0. The molecule has 344 valence electrons. The lowest BCUT2D eigenvalue weighted by atomic mass is 9.95. The summed E-state index contributed by atoms with van der Waals surface area (Å²) in [6, 6.07) is 34.8. The molecule has 1 amide bonds. The Labute approximate surface area is 388 Å². The van der Waals surface area contributed by atoms with Crippen molar-refractivity contribution < 1.29 is 32.2 Å². The summed E-state index contributed by atoms with van der Waals surface area (Å²) >= 11 is 0. The molecular weight excluding hydrogens is 853 g/mol. The topological polar surface area (TPSA) is 143 Å². The van der Waals surface area contributed by atoms with E-state index in [-0.39, 0.29) is 35.1 Å². The molecule has 14 heteroatoms. The number of benzene rings is 5. The lowest BCUT2D eigenvalue weighted by Crippen LogP contribution is -2.52. The number of aliphatic imine (C=N–C) groups is 2. The Morgan fingerprint density at radius 1 is 0.833 bits per heavy atom. The number of nitrogens with one attached hydrogen (secondary N) is 2. The van der Waals surface area contributed by atoms with Crippen LogP contribution in [-0.2, 0) is 19.6 Å². The number of carbonyl (C=O) groups is 1. The van der Waals surface area contributed by atoms with Gasteiger partial charge in [-0.2, -0.15) is 0 Å². The van der Waals surface area contributed by atoms with Crippen molar-refractivity contribution in [1.82, 2.24) is 9.62 Å². The number of nitrogens with zero attached hydrogens (tertiary/aromatic N) is 4. The number of aryl methyl sites for hydroxylation is 3. The Balaban J connectivity index is 1.17. The monoisotopic (exact) mass is 910 g/mol. The van der Waals surface area contributed by atoms with Gasteiger partial charge in [-0.15, -0.1) is 0 Å². The molecule has 2 N–H and O–H groups in total. The minimum Gasteiger partial charge on any atom is -0.478 e. The summed E-state index contributed by atoms with van der Waals surface area (Å²) in [5.41, 5.74) is 5.13. The highest BCUT2D eigenvalue weighted by Crippen LogP contribution is 2.37.